The van der Waals surface area contributed by atoms with Gasteiger partial charge < -0.3 is 4.74 Å². The number of rotatable bonds is 2. The Labute approximate surface area is 93.9 Å². The third-order valence-corrected chi connectivity index (χ3v) is 2.16. The fourth-order valence-electron chi connectivity index (χ4n) is 1.09. The minimum atomic E-state index is -4.74. The van der Waals surface area contributed by atoms with Crippen LogP contribution in [0.4, 0.5) is 13.2 Å². The van der Waals surface area contributed by atoms with Crippen LogP contribution in [0, 0.1) is 0 Å². The van der Waals surface area contributed by atoms with Gasteiger partial charge in [0.1, 0.15) is 10.7 Å². The lowest BCUT2D eigenvalue weighted by molar-refractivity contribution is -0.142. The van der Waals surface area contributed by atoms with Gasteiger partial charge in [0.05, 0.1) is 6.61 Å². The fraction of sp³-hybridized carbons (Fsp3) is 0.500. The summed E-state index contributed by atoms with van der Waals surface area (Å²) in [5, 5.41) is 2.75. The maximum atomic E-state index is 12.5. The highest BCUT2D eigenvalue weighted by atomic mass is 35.5. The highest BCUT2D eigenvalue weighted by Gasteiger charge is 2.41. The van der Waals surface area contributed by atoms with Gasteiger partial charge >= 0.3 is 12.1 Å². The van der Waals surface area contributed by atoms with Crippen LogP contribution >= 0.6 is 11.6 Å². The van der Waals surface area contributed by atoms with E-state index in [9.17, 15) is 18.0 Å². The molecule has 1 aromatic heterocycles. The second kappa shape index (κ2) is 4.32. The summed E-state index contributed by atoms with van der Waals surface area (Å²) in [6.45, 7) is 1.44. The SMILES string of the molecule is CCOC(=O)c1c(C(F)(F)F)nn(C)c1Cl. The smallest absolute Gasteiger partial charge is 0.436 e. The molecule has 0 saturated carbocycles. The van der Waals surface area contributed by atoms with Crippen LogP contribution in [-0.2, 0) is 18.0 Å². The van der Waals surface area contributed by atoms with E-state index in [4.69, 9.17) is 11.6 Å². The molecule has 0 amide bonds. The molecule has 0 aliphatic heterocycles. The molecule has 90 valence electrons. The minimum Gasteiger partial charge on any atom is -0.462 e. The van der Waals surface area contributed by atoms with Crippen molar-refractivity contribution in [3.05, 3.63) is 16.4 Å². The number of aromatic nitrogens is 2. The fourth-order valence-corrected chi connectivity index (χ4v) is 1.29. The third kappa shape index (κ3) is 2.29. The molecule has 1 aromatic rings. The first-order valence-electron chi connectivity index (χ1n) is 4.25. The number of ether oxygens (including phenoxy) is 1. The van der Waals surface area contributed by atoms with Gasteiger partial charge in [-0.15, -0.1) is 0 Å². The number of alkyl halides is 3. The standard InChI is InChI=1S/C8H8ClF3N2O2/c1-3-16-7(15)4-5(8(10,11)12)13-14(2)6(4)9/h3H2,1-2H3. The Hall–Kier alpha value is -1.24. The van der Waals surface area contributed by atoms with Crippen molar-refractivity contribution >= 4 is 17.6 Å². The molecule has 1 heterocycles. The largest absolute Gasteiger partial charge is 0.462 e. The Bertz CT molecular complexity index is 414. The normalized spacial score (nSPS) is 11.6. The molecule has 0 bridgehead atoms. The summed E-state index contributed by atoms with van der Waals surface area (Å²) in [5.74, 6) is -1.13. The zero-order chi connectivity index (χ0) is 12.5. The van der Waals surface area contributed by atoms with Crippen LogP contribution in [0.2, 0.25) is 5.15 Å². The topological polar surface area (TPSA) is 44.1 Å². The molecule has 4 nitrogen and oxygen atoms in total. The predicted octanol–water partition coefficient (Wildman–Crippen LogP) is 2.27. The summed E-state index contributed by atoms with van der Waals surface area (Å²) in [4.78, 5) is 11.3. The molecule has 0 atom stereocenters. The number of aryl methyl sites for hydroxylation is 1. The Balaban J connectivity index is 3.30. The van der Waals surface area contributed by atoms with E-state index in [0.29, 0.717) is 0 Å². The van der Waals surface area contributed by atoms with Gasteiger partial charge in [0.15, 0.2) is 5.69 Å². The average Bonchev–Trinajstić information content (AvgIpc) is 2.43. The first kappa shape index (κ1) is 12.8. The first-order chi connectivity index (χ1) is 7.29. The van der Waals surface area contributed by atoms with Crippen molar-refractivity contribution in [1.29, 1.82) is 0 Å². The van der Waals surface area contributed by atoms with Crippen molar-refractivity contribution in [2.45, 2.75) is 13.1 Å². The van der Waals surface area contributed by atoms with Crippen molar-refractivity contribution in [2.24, 2.45) is 7.05 Å². The maximum absolute atomic E-state index is 12.5. The van der Waals surface area contributed by atoms with Crippen molar-refractivity contribution in [1.82, 2.24) is 9.78 Å². The van der Waals surface area contributed by atoms with Crippen LogP contribution in [-0.4, -0.2) is 22.4 Å². The van der Waals surface area contributed by atoms with Crippen LogP contribution in [0.3, 0.4) is 0 Å². The molecule has 0 aliphatic carbocycles. The Morgan fingerprint density at radius 2 is 2.12 bits per heavy atom. The molecule has 0 unspecified atom stereocenters. The van der Waals surface area contributed by atoms with Crippen LogP contribution in [0.5, 0.6) is 0 Å². The number of hydrogen-bond donors (Lipinski definition) is 0. The maximum Gasteiger partial charge on any atom is 0.436 e. The second-order valence-electron chi connectivity index (χ2n) is 2.86. The summed E-state index contributed by atoms with van der Waals surface area (Å²) in [7, 11) is 1.21. The molecular weight excluding hydrogens is 249 g/mol. The molecule has 0 saturated heterocycles. The molecule has 16 heavy (non-hydrogen) atoms. The van der Waals surface area contributed by atoms with E-state index in [2.05, 4.69) is 9.84 Å². The Morgan fingerprint density at radius 1 is 1.56 bits per heavy atom. The van der Waals surface area contributed by atoms with Crippen molar-refractivity contribution in [2.75, 3.05) is 6.61 Å². The number of esters is 1. The summed E-state index contributed by atoms with van der Waals surface area (Å²) < 4.78 is 42.8. The quantitative estimate of drug-likeness (QED) is 0.763. The molecule has 0 radical (unpaired) electrons. The lowest BCUT2D eigenvalue weighted by Gasteiger charge is -2.05. The molecule has 0 fully saturated rings. The lowest BCUT2D eigenvalue weighted by Crippen LogP contribution is -2.14. The van der Waals surface area contributed by atoms with Crippen LogP contribution in [0.25, 0.3) is 0 Å². The van der Waals surface area contributed by atoms with E-state index in [1.165, 1.54) is 14.0 Å². The van der Waals surface area contributed by atoms with Crippen molar-refractivity contribution in [3.8, 4) is 0 Å². The number of nitrogens with zero attached hydrogens (tertiary/aromatic N) is 2. The monoisotopic (exact) mass is 256 g/mol. The van der Waals surface area contributed by atoms with Crippen LogP contribution in [0.1, 0.15) is 23.0 Å². The van der Waals surface area contributed by atoms with E-state index in [1.54, 1.807) is 0 Å². The van der Waals surface area contributed by atoms with Crippen molar-refractivity contribution in [3.63, 3.8) is 0 Å². The number of hydrogen-bond acceptors (Lipinski definition) is 3. The predicted molar refractivity (Wildman–Crippen MR) is 49.2 cm³/mol. The molecule has 0 aromatic carbocycles. The van der Waals surface area contributed by atoms with Gasteiger partial charge in [-0.05, 0) is 6.92 Å². The summed E-state index contributed by atoms with van der Waals surface area (Å²) in [5.41, 5.74) is -2.09. The minimum absolute atomic E-state index is 0.0403. The summed E-state index contributed by atoms with van der Waals surface area (Å²) in [6.07, 6.45) is -4.74. The Morgan fingerprint density at radius 3 is 2.56 bits per heavy atom. The first-order valence-corrected chi connectivity index (χ1v) is 4.63. The molecule has 0 N–H and O–H groups in total. The zero-order valence-electron chi connectivity index (χ0n) is 8.43. The lowest BCUT2D eigenvalue weighted by atomic mass is 10.2. The second-order valence-corrected chi connectivity index (χ2v) is 3.21. The molecule has 8 heteroatoms. The van der Waals surface area contributed by atoms with Crippen LogP contribution < -0.4 is 0 Å². The van der Waals surface area contributed by atoms with E-state index in [0.717, 1.165) is 4.68 Å². The van der Waals surface area contributed by atoms with Gasteiger partial charge in [-0.25, -0.2) is 4.79 Å². The number of carbonyl (C=O) groups is 1. The molecule has 0 spiro atoms. The highest BCUT2D eigenvalue weighted by molar-refractivity contribution is 6.32. The van der Waals surface area contributed by atoms with E-state index in [-0.39, 0.29) is 6.61 Å². The van der Waals surface area contributed by atoms with Gasteiger partial charge in [-0.1, -0.05) is 11.6 Å². The third-order valence-electron chi connectivity index (χ3n) is 1.73. The van der Waals surface area contributed by atoms with Gasteiger partial charge in [-0.3, -0.25) is 4.68 Å². The van der Waals surface area contributed by atoms with Gasteiger partial charge in [0.2, 0.25) is 0 Å². The summed E-state index contributed by atoms with van der Waals surface area (Å²) in [6, 6.07) is 0. The molecule has 0 aliphatic rings. The zero-order valence-corrected chi connectivity index (χ0v) is 9.19. The van der Waals surface area contributed by atoms with Gasteiger partial charge in [-0.2, -0.15) is 18.3 Å². The average molecular weight is 257 g/mol. The molecular formula is C8H8ClF3N2O2. The van der Waals surface area contributed by atoms with Crippen LogP contribution in [0.15, 0.2) is 0 Å². The Kier molecular flexibility index (Phi) is 3.47. The number of halogens is 4. The summed E-state index contributed by atoms with van der Waals surface area (Å²) >= 11 is 5.55. The molecule has 1 rings (SSSR count). The highest BCUT2D eigenvalue weighted by Crippen LogP contribution is 2.34. The number of carbonyl (C=O) groups excluding carboxylic acids is 1. The van der Waals surface area contributed by atoms with E-state index < -0.39 is 28.6 Å². The van der Waals surface area contributed by atoms with Gasteiger partial charge in [0.25, 0.3) is 0 Å². The van der Waals surface area contributed by atoms with E-state index >= 15 is 0 Å². The van der Waals surface area contributed by atoms with E-state index in [1.807, 2.05) is 0 Å². The van der Waals surface area contributed by atoms with Gasteiger partial charge in [0, 0.05) is 7.05 Å². The van der Waals surface area contributed by atoms with Crippen molar-refractivity contribution < 1.29 is 22.7 Å².